The Morgan fingerprint density at radius 3 is 2.64 bits per heavy atom. The van der Waals surface area contributed by atoms with Gasteiger partial charge in [0.1, 0.15) is 0 Å². The van der Waals surface area contributed by atoms with Crippen LogP contribution in [-0.2, 0) is 0 Å². The van der Waals surface area contributed by atoms with E-state index in [9.17, 15) is 5.11 Å². The molecule has 2 atom stereocenters. The molecule has 0 unspecified atom stereocenters. The van der Waals surface area contributed by atoms with Gasteiger partial charge in [-0.15, -0.1) is 0 Å². The minimum Gasteiger partial charge on any atom is -0.388 e. The summed E-state index contributed by atoms with van der Waals surface area (Å²) in [6, 6.07) is 9.92. The van der Waals surface area contributed by atoms with Crippen molar-refractivity contribution in [3.63, 3.8) is 0 Å². The van der Waals surface area contributed by atoms with Gasteiger partial charge >= 0.3 is 0 Å². The van der Waals surface area contributed by atoms with Gasteiger partial charge in [-0.3, -0.25) is 0 Å². The van der Waals surface area contributed by atoms with Crippen molar-refractivity contribution in [2.45, 2.75) is 25.4 Å². The number of hydrogen-bond acceptors (Lipinski definition) is 1. The van der Waals surface area contributed by atoms with Crippen molar-refractivity contribution in [1.29, 1.82) is 0 Å². The fourth-order valence-corrected chi connectivity index (χ4v) is 2.00. The summed E-state index contributed by atoms with van der Waals surface area (Å²) in [4.78, 5) is 0. The third-order valence-electron chi connectivity index (χ3n) is 2.84. The Kier molecular flexibility index (Phi) is 3.00. The van der Waals surface area contributed by atoms with Crippen LogP contribution < -0.4 is 0 Å². The molecule has 1 aliphatic carbocycles. The van der Waals surface area contributed by atoms with Crippen LogP contribution in [0.25, 0.3) is 0 Å². The summed E-state index contributed by atoms with van der Waals surface area (Å²) < 4.78 is 0. The van der Waals surface area contributed by atoms with Crippen molar-refractivity contribution in [3.05, 3.63) is 48.0 Å². The van der Waals surface area contributed by atoms with Crippen molar-refractivity contribution in [1.82, 2.24) is 0 Å². The first-order valence-electron chi connectivity index (χ1n) is 5.27. The number of rotatable bonds is 2. The molecule has 1 aromatic carbocycles. The molecule has 0 spiro atoms. The van der Waals surface area contributed by atoms with Crippen LogP contribution in [0.15, 0.2) is 42.5 Å². The van der Waals surface area contributed by atoms with E-state index < -0.39 is 0 Å². The summed E-state index contributed by atoms with van der Waals surface area (Å²) in [5, 5.41) is 10.1. The topological polar surface area (TPSA) is 20.2 Å². The summed E-state index contributed by atoms with van der Waals surface area (Å²) >= 11 is 0. The van der Waals surface area contributed by atoms with Crippen LogP contribution in [0.5, 0.6) is 0 Å². The molecule has 74 valence electrons. The molecule has 0 bridgehead atoms. The Morgan fingerprint density at radius 1 is 1.21 bits per heavy atom. The summed E-state index contributed by atoms with van der Waals surface area (Å²) in [5.41, 5.74) is 1.03. The van der Waals surface area contributed by atoms with Gasteiger partial charge in [0.05, 0.1) is 6.10 Å². The molecule has 1 nitrogen and oxygen atoms in total. The molecule has 0 heterocycles. The van der Waals surface area contributed by atoms with E-state index in [4.69, 9.17) is 0 Å². The van der Waals surface area contributed by atoms with Crippen molar-refractivity contribution < 1.29 is 5.11 Å². The number of aliphatic hydroxyl groups is 1. The van der Waals surface area contributed by atoms with E-state index >= 15 is 0 Å². The van der Waals surface area contributed by atoms with E-state index in [1.807, 2.05) is 30.3 Å². The number of allylic oxidation sites excluding steroid dienone is 1. The Balaban J connectivity index is 2.11. The quantitative estimate of drug-likeness (QED) is 0.707. The van der Waals surface area contributed by atoms with Crippen LogP contribution in [0.1, 0.15) is 30.9 Å². The van der Waals surface area contributed by atoms with Gasteiger partial charge < -0.3 is 5.11 Å². The summed E-state index contributed by atoms with van der Waals surface area (Å²) in [6.45, 7) is 0. The lowest BCUT2D eigenvalue weighted by Crippen LogP contribution is -2.12. The highest BCUT2D eigenvalue weighted by molar-refractivity contribution is 5.19. The molecule has 0 saturated heterocycles. The van der Waals surface area contributed by atoms with Gasteiger partial charge in [-0.25, -0.2) is 0 Å². The average Bonchev–Trinajstić information content (AvgIpc) is 2.30. The molecule has 0 saturated carbocycles. The zero-order valence-electron chi connectivity index (χ0n) is 8.26. The Morgan fingerprint density at radius 2 is 2.00 bits per heavy atom. The molecular formula is C13H16O. The monoisotopic (exact) mass is 188 g/mol. The first-order valence-corrected chi connectivity index (χ1v) is 5.27. The number of benzene rings is 1. The highest BCUT2D eigenvalue weighted by atomic mass is 16.3. The van der Waals surface area contributed by atoms with Gasteiger partial charge in [0.2, 0.25) is 0 Å². The van der Waals surface area contributed by atoms with Crippen molar-refractivity contribution in [2.24, 2.45) is 5.92 Å². The Hall–Kier alpha value is -1.08. The zero-order valence-corrected chi connectivity index (χ0v) is 8.26. The molecule has 0 fully saturated rings. The van der Waals surface area contributed by atoms with Crippen LogP contribution >= 0.6 is 0 Å². The molecule has 1 aliphatic rings. The van der Waals surface area contributed by atoms with Gasteiger partial charge in [0, 0.05) is 5.92 Å². The lowest BCUT2D eigenvalue weighted by molar-refractivity contribution is 0.123. The van der Waals surface area contributed by atoms with E-state index in [-0.39, 0.29) is 6.10 Å². The maximum Gasteiger partial charge on any atom is 0.0852 e. The van der Waals surface area contributed by atoms with E-state index in [0.717, 1.165) is 18.4 Å². The average molecular weight is 188 g/mol. The smallest absolute Gasteiger partial charge is 0.0852 e. The second-order valence-electron chi connectivity index (χ2n) is 3.88. The molecule has 14 heavy (non-hydrogen) atoms. The third-order valence-corrected chi connectivity index (χ3v) is 2.84. The van der Waals surface area contributed by atoms with Gasteiger partial charge in [-0.2, -0.15) is 0 Å². The molecule has 1 aromatic rings. The first kappa shape index (κ1) is 9.47. The Bertz CT molecular complexity index is 302. The van der Waals surface area contributed by atoms with E-state index in [0.29, 0.717) is 5.92 Å². The lowest BCUT2D eigenvalue weighted by atomic mass is 9.87. The van der Waals surface area contributed by atoms with E-state index in [2.05, 4.69) is 12.2 Å². The van der Waals surface area contributed by atoms with Crippen LogP contribution in [0.3, 0.4) is 0 Å². The molecule has 1 N–H and O–H groups in total. The number of hydrogen-bond donors (Lipinski definition) is 1. The summed E-state index contributed by atoms with van der Waals surface area (Å²) in [5.74, 6) is 0.311. The van der Waals surface area contributed by atoms with Gasteiger partial charge in [0.25, 0.3) is 0 Å². The van der Waals surface area contributed by atoms with Crippen LogP contribution in [0, 0.1) is 5.92 Å². The summed E-state index contributed by atoms with van der Waals surface area (Å²) in [6.07, 6.45) is 7.48. The highest BCUT2D eigenvalue weighted by Crippen LogP contribution is 2.29. The molecule has 1 heteroatoms. The predicted molar refractivity (Wildman–Crippen MR) is 57.9 cm³/mol. The molecular weight excluding hydrogens is 172 g/mol. The van der Waals surface area contributed by atoms with Crippen molar-refractivity contribution in [3.8, 4) is 0 Å². The lowest BCUT2D eigenvalue weighted by Gasteiger charge is -2.22. The zero-order chi connectivity index (χ0) is 9.80. The van der Waals surface area contributed by atoms with E-state index in [1.54, 1.807) is 0 Å². The Labute approximate surface area is 85.1 Å². The summed E-state index contributed by atoms with van der Waals surface area (Å²) in [7, 11) is 0. The second kappa shape index (κ2) is 4.43. The molecule has 2 rings (SSSR count). The SMILES string of the molecule is O[C@@H](c1ccccc1)[C@H]1C=CCCC1. The highest BCUT2D eigenvalue weighted by Gasteiger charge is 2.19. The van der Waals surface area contributed by atoms with Gasteiger partial charge in [-0.1, -0.05) is 42.5 Å². The standard InChI is InChI=1S/C13H16O/c14-13(11-7-3-1-4-8-11)12-9-5-2-6-10-12/h1,3-5,7-9,12-14H,2,6,10H2/t12-,13-/m0/s1. The fourth-order valence-electron chi connectivity index (χ4n) is 2.00. The normalized spacial score (nSPS) is 23.4. The largest absolute Gasteiger partial charge is 0.388 e. The van der Waals surface area contributed by atoms with Crippen LogP contribution in [-0.4, -0.2) is 5.11 Å². The molecule has 0 radical (unpaired) electrons. The second-order valence-corrected chi connectivity index (χ2v) is 3.88. The maximum atomic E-state index is 10.1. The molecule has 0 aromatic heterocycles. The molecule has 0 aliphatic heterocycles. The maximum absolute atomic E-state index is 10.1. The minimum absolute atomic E-state index is 0.311. The van der Waals surface area contributed by atoms with Crippen molar-refractivity contribution >= 4 is 0 Å². The van der Waals surface area contributed by atoms with Crippen LogP contribution in [0.2, 0.25) is 0 Å². The predicted octanol–water partition coefficient (Wildman–Crippen LogP) is 3.08. The third kappa shape index (κ3) is 2.05. The van der Waals surface area contributed by atoms with Gasteiger partial charge in [0.15, 0.2) is 0 Å². The van der Waals surface area contributed by atoms with Crippen molar-refractivity contribution in [2.75, 3.05) is 0 Å². The fraction of sp³-hybridized carbons (Fsp3) is 0.385. The first-order chi connectivity index (χ1) is 6.88. The molecule has 0 amide bonds. The van der Waals surface area contributed by atoms with E-state index in [1.165, 1.54) is 6.42 Å². The minimum atomic E-state index is -0.326. The van der Waals surface area contributed by atoms with Crippen LogP contribution in [0.4, 0.5) is 0 Å². The number of aliphatic hydroxyl groups excluding tert-OH is 1. The van der Waals surface area contributed by atoms with Gasteiger partial charge in [-0.05, 0) is 24.8 Å².